The van der Waals surface area contributed by atoms with Crippen molar-refractivity contribution < 1.29 is 14.3 Å². The summed E-state index contributed by atoms with van der Waals surface area (Å²) in [7, 11) is 1.64. The van der Waals surface area contributed by atoms with Crippen LogP contribution in [-0.4, -0.2) is 41.1 Å². The predicted octanol–water partition coefficient (Wildman–Crippen LogP) is 4.43. The molecule has 1 aromatic carbocycles. The molecule has 0 N–H and O–H groups in total. The molecule has 0 spiro atoms. The van der Waals surface area contributed by atoms with E-state index in [9.17, 15) is 9.59 Å². The van der Waals surface area contributed by atoms with Crippen LogP contribution in [0.1, 0.15) is 55.6 Å². The quantitative estimate of drug-likeness (QED) is 0.789. The number of amides is 2. The van der Waals surface area contributed by atoms with Crippen LogP contribution in [-0.2, 0) is 4.74 Å². The molecule has 2 amide bonds. The summed E-state index contributed by atoms with van der Waals surface area (Å²) in [5.74, 6) is 0.551. The van der Waals surface area contributed by atoms with Crippen molar-refractivity contribution in [3.05, 3.63) is 59.8 Å². The number of anilines is 1. The van der Waals surface area contributed by atoms with Crippen molar-refractivity contribution in [3.63, 3.8) is 0 Å². The van der Waals surface area contributed by atoms with E-state index in [1.807, 2.05) is 62.1 Å². The Labute approximate surface area is 166 Å². The van der Waals surface area contributed by atoms with E-state index in [1.54, 1.807) is 19.3 Å². The molecule has 0 aliphatic carbocycles. The number of pyridine rings is 1. The molecule has 1 fully saturated rings. The highest BCUT2D eigenvalue weighted by Gasteiger charge is 2.31. The normalized spacial score (nSPS) is 16.7. The van der Waals surface area contributed by atoms with Gasteiger partial charge in [-0.1, -0.05) is 24.3 Å². The van der Waals surface area contributed by atoms with Gasteiger partial charge in [0.25, 0.3) is 5.91 Å². The molecule has 0 bridgehead atoms. The van der Waals surface area contributed by atoms with Gasteiger partial charge in [0.15, 0.2) is 0 Å². The Balaban J connectivity index is 1.73. The Morgan fingerprint density at radius 1 is 1.14 bits per heavy atom. The number of carbonyl (C=O) groups is 2. The van der Waals surface area contributed by atoms with Crippen LogP contribution in [0.25, 0.3) is 0 Å². The number of rotatable bonds is 3. The minimum Gasteiger partial charge on any atom is -0.443 e. The minimum atomic E-state index is -0.562. The van der Waals surface area contributed by atoms with Gasteiger partial charge in [-0.2, -0.15) is 0 Å². The first kappa shape index (κ1) is 19.9. The number of hydrogen-bond donors (Lipinski definition) is 0. The first-order valence-corrected chi connectivity index (χ1v) is 9.55. The smallest absolute Gasteiger partial charge is 0.415 e. The molecule has 0 saturated carbocycles. The number of ether oxygens (including phenoxy) is 1. The second-order valence-corrected chi connectivity index (χ2v) is 8.01. The van der Waals surface area contributed by atoms with Crippen LogP contribution in [0, 0.1) is 0 Å². The summed E-state index contributed by atoms with van der Waals surface area (Å²) in [6.07, 6.45) is 3.16. The van der Waals surface area contributed by atoms with Gasteiger partial charge in [0.05, 0.1) is 6.04 Å². The molecular weight excluding hydrogens is 354 g/mol. The number of likely N-dealkylation sites (tertiary alicyclic amines) is 1. The zero-order valence-electron chi connectivity index (χ0n) is 16.9. The number of carbonyl (C=O) groups excluding carboxylic acids is 2. The summed E-state index contributed by atoms with van der Waals surface area (Å²) in [5, 5.41) is 0. The van der Waals surface area contributed by atoms with Crippen LogP contribution in [0.5, 0.6) is 0 Å². The van der Waals surface area contributed by atoms with Gasteiger partial charge < -0.3 is 9.64 Å². The van der Waals surface area contributed by atoms with E-state index in [1.165, 1.54) is 4.90 Å². The molecule has 3 rings (SSSR count). The van der Waals surface area contributed by atoms with Gasteiger partial charge in [0.2, 0.25) is 0 Å². The maximum absolute atomic E-state index is 12.9. The molecule has 0 radical (unpaired) electrons. The van der Waals surface area contributed by atoms with Crippen LogP contribution in [0.3, 0.4) is 0 Å². The molecule has 6 nitrogen and oxygen atoms in total. The topological polar surface area (TPSA) is 62.7 Å². The lowest BCUT2D eigenvalue weighted by atomic mass is 10.1. The Hall–Kier alpha value is -2.89. The fraction of sp³-hybridized carbons (Fsp3) is 0.409. The third-order valence-electron chi connectivity index (χ3n) is 4.70. The van der Waals surface area contributed by atoms with Crippen molar-refractivity contribution >= 4 is 17.8 Å². The van der Waals surface area contributed by atoms with E-state index >= 15 is 0 Å². The zero-order chi connectivity index (χ0) is 20.3. The predicted molar refractivity (Wildman–Crippen MR) is 108 cm³/mol. The summed E-state index contributed by atoms with van der Waals surface area (Å²) in [6.45, 7) is 6.22. The van der Waals surface area contributed by atoms with Crippen LogP contribution < -0.4 is 4.90 Å². The first-order valence-electron chi connectivity index (χ1n) is 9.55. The fourth-order valence-corrected chi connectivity index (χ4v) is 3.32. The zero-order valence-corrected chi connectivity index (χ0v) is 16.9. The fourth-order valence-electron chi connectivity index (χ4n) is 3.32. The highest BCUT2D eigenvalue weighted by molar-refractivity contribution is 5.94. The minimum absolute atomic E-state index is 0.00101. The summed E-state index contributed by atoms with van der Waals surface area (Å²) in [4.78, 5) is 32.8. The van der Waals surface area contributed by atoms with Crippen LogP contribution >= 0.6 is 0 Å². The van der Waals surface area contributed by atoms with Gasteiger partial charge in [-0.25, -0.2) is 9.78 Å². The van der Waals surface area contributed by atoms with Crippen molar-refractivity contribution in [2.45, 2.75) is 45.3 Å². The second-order valence-electron chi connectivity index (χ2n) is 8.01. The summed E-state index contributed by atoms with van der Waals surface area (Å²) >= 11 is 0. The van der Waals surface area contributed by atoms with E-state index in [4.69, 9.17) is 4.74 Å². The number of nitrogens with zero attached hydrogens (tertiary/aromatic N) is 3. The number of hydrogen-bond acceptors (Lipinski definition) is 4. The average molecular weight is 381 g/mol. The van der Waals surface area contributed by atoms with Gasteiger partial charge in [-0.15, -0.1) is 0 Å². The average Bonchev–Trinajstić information content (AvgIpc) is 3.16. The molecule has 6 heteroatoms. The maximum Gasteiger partial charge on any atom is 0.415 e. The number of aromatic nitrogens is 1. The summed E-state index contributed by atoms with van der Waals surface area (Å²) in [5.41, 5.74) is 1.11. The molecule has 148 valence electrons. The molecule has 1 saturated heterocycles. The van der Waals surface area contributed by atoms with Crippen molar-refractivity contribution in [2.24, 2.45) is 0 Å². The van der Waals surface area contributed by atoms with Crippen LogP contribution in [0.15, 0.2) is 48.7 Å². The molecule has 2 aromatic rings. The molecule has 1 aliphatic rings. The van der Waals surface area contributed by atoms with Crippen molar-refractivity contribution in [2.75, 3.05) is 18.5 Å². The second kappa shape index (κ2) is 8.00. The van der Waals surface area contributed by atoms with Gasteiger partial charge >= 0.3 is 6.09 Å². The van der Waals surface area contributed by atoms with E-state index in [-0.39, 0.29) is 11.9 Å². The highest BCUT2D eigenvalue weighted by atomic mass is 16.6. The van der Waals surface area contributed by atoms with Gasteiger partial charge in [0.1, 0.15) is 11.4 Å². The van der Waals surface area contributed by atoms with E-state index in [2.05, 4.69) is 4.98 Å². The SMILES string of the molecule is CN(C(=O)OC(C)(C)C)c1ccc(C2CCCN2C(=O)c2ccccc2)cn1. The first-order chi connectivity index (χ1) is 13.3. The third-order valence-corrected chi connectivity index (χ3v) is 4.70. The molecule has 1 aromatic heterocycles. The largest absolute Gasteiger partial charge is 0.443 e. The van der Waals surface area contributed by atoms with E-state index in [0.717, 1.165) is 24.9 Å². The molecule has 1 atom stereocenters. The van der Waals surface area contributed by atoms with Gasteiger partial charge in [-0.05, 0) is 57.4 Å². The standard InChI is InChI=1S/C22H27N3O3/c1-22(2,3)28-21(27)24(4)19-13-12-17(15-23-19)18-11-8-14-25(18)20(26)16-9-6-5-7-10-16/h5-7,9-10,12-13,15,18H,8,11,14H2,1-4H3. The lowest BCUT2D eigenvalue weighted by Crippen LogP contribution is -2.34. The van der Waals surface area contributed by atoms with Crippen LogP contribution in [0.4, 0.5) is 10.6 Å². The Morgan fingerprint density at radius 2 is 1.86 bits per heavy atom. The Morgan fingerprint density at radius 3 is 2.46 bits per heavy atom. The Kier molecular flexibility index (Phi) is 5.68. The van der Waals surface area contributed by atoms with E-state index in [0.29, 0.717) is 11.4 Å². The summed E-state index contributed by atoms with van der Waals surface area (Å²) < 4.78 is 5.38. The summed E-state index contributed by atoms with van der Waals surface area (Å²) in [6, 6.07) is 13.1. The Bertz CT molecular complexity index is 828. The maximum atomic E-state index is 12.9. The van der Waals surface area contributed by atoms with Gasteiger partial charge in [0, 0.05) is 25.4 Å². The number of benzene rings is 1. The lowest BCUT2D eigenvalue weighted by Gasteiger charge is -2.26. The molecule has 1 aliphatic heterocycles. The molecular formula is C22H27N3O3. The third kappa shape index (κ3) is 4.50. The van der Waals surface area contributed by atoms with Gasteiger partial charge in [-0.3, -0.25) is 9.69 Å². The van der Waals surface area contributed by atoms with Crippen LogP contribution in [0.2, 0.25) is 0 Å². The van der Waals surface area contributed by atoms with Crippen molar-refractivity contribution in [1.29, 1.82) is 0 Å². The molecule has 1 unspecified atom stereocenters. The molecule has 2 heterocycles. The molecule has 28 heavy (non-hydrogen) atoms. The lowest BCUT2D eigenvalue weighted by molar-refractivity contribution is 0.0588. The highest BCUT2D eigenvalue weighted by Crippen LogP contribution is 2.33. The van der Waals surface area contributed by atoms with E-state index < -0.39 is 11.7 Å². The monoisotopic (exact) mass is 381 g/mol. The van der Waals surface area contributed by atoms with Crippen molar-refractivity contribution in [3.8, 4) is 0 Å². The van der Waals surface area contributed by atoms with Crippen molar-refractivity contribution in [1.82, 2.24) is 9.88 Å².